The number of aliphatic carboxylic acids is 1. The number of rotatable bonds is 5. The highest BCUT2D eigenvalue weighted by atomic mass is 19.1. The summed E-state index contributed by atoms with van der Waals surface area (Å²) in [6, 6.07) is 9.27. The number of carboxylic acid groups (broad SMARTS) is 1. The van der Waals surface area contributed by atoms with E-state index >= 15 is 0 Å². The molecule has 0 atom stereocenters. The van der Waals surface area contributed by atoms with Gasteiger partial charge in [-0.15, -0.1) is 0 Å². The van der Waals surface area contributed by atoms with Gasteiger partial charge in [-0.05, 0) is 35.9 Å². The molecule has 4 rings (SSSR count). The van der Waals surface area contributed by atoms with Gasteiger partial charge in [0.25, 0.3) is 0 Å². The van der Waals surface area contributed by atoms with Gasteiger partial charge in [-0.1, -0.05) is 12.1 Å². The highest BCUT2D eigenvalue weighted by Gasteiger charge is 2.35. The highest BCUT2D eigenvalue weighted by molar-refractivity contribution is 6.26. The number of hydrogen-bond donors (Lipinski definition) is 3. The van der Waals surface area contributed by atoms with Crippen LogP contribution in [-0.2, 0) is 20.9 Å². The number of nitrogens with zero attached hydrogens (tertiary/aromatic N) is 1. The second kappa shape index (κ2) is 6.99. The molecule has 3 aromatic rings. The Morgan fingerprint density at radius 2 is 2.07 bits per heavy atom. The largest absolute Gasteiger partial charge is 0.477 e. The number of aromatic amines is 1. The molecule has 0 spiro atoms. The Morgan fingerprint density at radius 3 is 2.82 bits per heavy atom. The van der Waals surface area contributed by atoms with E-state index in [1.807, 2.05) is 6.07 Å². The molecule has 1 aromatic carbocycles. The number of carboxylic acids is 1. The van der Waals surface area contributed by atoms with Gasteiger partial charge < -0.3 is 20.1 Å². The Balaban J connectivity index is 1.60. The maximum absolute atomic E-state index is 13.0. The predicted octanol–water partition coefficient (Wildman–Crippen LogP) is 2.73. The number of H-pyrrole nitrogens is 1. The van der Waals surface area contributed by atoms with Crippen molar-refractivity contribution < 1.29 is 23.8 Å². The first kappa shape index (κ1) is 17.5. The van der Waals surface area contributed by atoms with Crippen LogP contribution in [0.3, 0.4) is 0 Å². The van der Waals surface area contributed by atoms with Crippen molar-refractivity contribution in [2.45, 2.75) is 6.54 Å². The van der Waals surface area contributed by atoms with Crippen LogP contribution in [0.1, 0.15) is 11.1 Å². The Kier molecular flexibility index (Phi) is 4.36. The van der Waals surface area contributed by atoms with E-state index in [1.54, 1.807) is 30.6 Å². The van der Waals surface area contributed by atoms with Gasteiger partial charge in [-0.25, -0.2) is 14.2 Å². The molecule has 0 amide bonds. The zero-order valence-electron chi connectivity index (χ0n) is 14.4. The van der Waals surface area contributed by atoms with Gasteiger partial charge in [-0.3, -0.25) is 4.79 Å². The normalized spacial score (nSPS) is 15.3. The predicted molar refractivity (Wildman–Crippen MR) is 98.1 cm³/mol. The zero-order valence-corrected chi connectivity index (χ0v) is 14.4. The Labute approximate surface area is 158 Å². The van der Waals surface area contributed by atoms with Gasteiger partial charge >= 0.3 is 5.97 Å². The molecular weight excluding hydrogens is 365 g/mol. The monoisotopic (exact) mass is 379 g/mol. The van der Waals surface area contributed by atoms with Crippen molar-refractivity contribution in [2.75, 3.05) is 0 Å². The van der Waals surface area contributed by atoms with Crippen LogP contribution >= 0.6 is 0 Å². The van der Waals surface area contributed by atoms with Crippen LogP contribution in [0.25, 0.3) is 17.1 Å². The van der Waals surface area contributed by atoms with Crippen LogP contribution < -0.4 is 5.32 Å². The molecule has 1 aliphatic heterocycles. The average molecular weight is 379 g/mol. The Morgan fingerprint density at radius 1 is 1.29 bits per heavy atom. The zero-order chi connectivity index (χ0) is 19.7. The third kappa shape index (κ3) is 3.23. The van der Waals surface area contributed by atoms with Crippen molar-refractivity contribution in [1.82, 2.24) is 15.3 Å². The quantitative estimate of drug-likeness (QED) is 0.465. The van der Waals surface area contributed by atoms with Crippen LogP contribution in [0.4, 0.5) is 4.39 Å². The van der Waals surface area contributed by atoms with E-state index in [0.717, 1.165) is 5.39 Å². The first-order chi connectivity index (χ1) is 13.5. The van der Waals surface area contributed by atoms with Gasteiger partial charge in [-0.2, -0.15) is 0 Å². The van der Waals surface area contributed by atoms with E-state index in [1.165, 1.54) is 18.2 Å². The molecule has 0 saturated heterocycles. The number of halogens is 1. The fourth-order valence-corrected chi connectivity index (χ4v) is 2.87. The fourth-order valence-electron chi connectivity index (χ4n) is 2.87. The topological polar surface area (TPSA) is 104 Å². The Bertz CT molecular complexity index is 1150. The van der Waals surface area contributed by atoms with E-state index in [2.05, 4.69) is 15.3 Å². The summed E-state index contributed by atoms with van der Waals surface area (Å²) in [5.41, 5.74) is 1.51. The first-order valence-electron chi connectivity index (χ1n) is 8.35. The van der Waals surface area contributed by atoms with E-state index < -0.39 is 17.3 Å². The van der Waals surface area contributed by atoms with Gasteiger partial charge in [0, 0.05) is 29.9 Å². The molecule has 2 aromatic heterocycles. The van der Waals surface area contributed by atoms with Crippen molar-refractivity contribution in [3.05, 3.63) is 83.0 Å². The number of ether oxygens (including phenoxy) is 1. The molecule has 28 heavy (non-hydrogen) atoms. The van der Waals surface area contributed by atoms with E-state index in [9.17, 15) is 19.1 Å². The summed E-state index contributed by atoms with van der Waals surface area (Å²) in [6.45, 7) is 0.171. The minimum atomic E-state index is -1.39. The van der Waals surface area contributed by atoms with Crippen LogP contribution in [0.2, 0.25) is 0 Å². The summed E-state index contributed by atoms with van der Waals surface area (Å²) in [7, 11) is 0. The number of Topliss-reactive ketones (excluding diaryl/α,β-unsaturated/α-hetero) is 1. The number of benzene rings is 1. The molecule has 0 bridgehead atoms. The summed E-state index contributed by atoms with van der Waals surface area (Å²) in [4.78, 5) is 31.2. The SMILES string of the molecule is O=C(O)C1=C(NCc2ccc(F)cc2)OC(=Cc2c[nH]c3ncccc23)C1=O. The molecule has 140 valence electrons. The average Bonchev–Trinajstić information content (AvgIpc) is 3.23. The number of aromatic nitrogens is 2. The molecule has 0 aliphatic carbocycles. The van der Waals surface area contributed by atoms with Crippen molar-refractivity contribution in [3.63, 3.8) is 0 Å². The van der Waals surface area contributed by atoms with Gasteiger partial charge in [0.05, 0.1) is 0 Å². The van der Waals surface area contributed by atoms with Crippen molar-refractivity contribution in [2.24, 2.45) is 0 Å². The number of pyridine rings is 1. The number of hydrogen-bond acceptors (Lipinski definition) is 5. The van der Waals surface area contributed by atoms with Crippen molar-refractivity contribution in [3.8, 4) is 0 Å². The fraction of sp³-hybridized carbons (Fsp3) is 0.0500. The Hall–Kier alpha value is -3.94. The lowest BCUT2D eigenvalue weighted by Crippen LogP contribution is -2.17. The van der Waals surface area contributed by atoms with Crippen LogP contribution in [0.15, 0.2) is 66.0 Å². The lowest BCUT2D eigenvalue weighted by Gasteiger charge is -2.08. The van der Waals surface area contributed by atoms with E-state index in [-0.39, 0.29) is 24.0 Å². The van der Waals surface area contributed by atoms with Crippen LogP contribution in [-0.4, -0.2) is 26.8 Å². The first-order valence-corrected chi connectivity index (χ1v) is 8.35. The summed E-state index contributed by atoms with van der Waals surface area (Å²) in [6.07, 6.45) is 4.76. The second-order valence-electron chi connectivity index (χ2n) is 6.07. The molecule has 8 heteroatoms. The van der Waals surface area contributed by atoms with Crippen LogP contribution in [0.5, 0.6) is 0 Å². The van der Waals surface area contributed by atoms with Crippen molar-refractivity contribution in [1.29, 1.82) is 0 Å². The van der Waals surface area contributed by atoms with Gasteiger partial charge in [0.2, 0.25) is 11.7 Å². The smallest absolute Gasteiger partial charge is 0.345 e. The number of ketones is 1. The molecule has 7 nitrogen and oxygen atoms in total. The van der Waals surface area contributed by atoms with Gasteiger partial charge in [0.15, 0.2) is 11.3 Å². The lowest BCUT2D eigenvalue weighted by atomic mass is 10.1. The number of fused-ring (bicyclic) bond motifs is 1. The summed E-state index contributed by atoms with van der Waals surface area (Å²) < 4.78 is 18.5. The van der Waals surface area contributed by atoms with Crippen molar-refractivity contribution >= 4 is 28.9 Å². The molecular formula is C20H14FN3O4. The minimum absolute atomic E-state index is 0.108. The molecule has 0 fully saturated rings. The molecule has 3 N–H and O–H groups in total. The third-order valence-corrected chi connectivity index (χ3v) is 4.24. The number of carbonyl (C=O) groups is 2. The summed E-state index contributed by atoms with van der Waals surface area (Å²) in [5, 5.41) is 13.0. The minimum Gasteiger partial charge on any atom is -0.477 e. The molecule has 0 radical (unpaired) electrons. The summed E-state index contributed by atoms with van der Waals surface area (Å²) >= 11 is 0. The van der Waals surface area contributed by atoms with Gasteiger partial charge in [0.1, 0.15) is 11.5 Å². The summed E-state index contributed by atoms with van der Waals surface area (Å²) in [5.74, 6) is -2.75. The maximum atomic E-state index is 13.0. The molecule has 0 unspecified atom stereocenters. The third-order valence-electron chi connectivity index (χ3n) is 4.24. The molecule has 1 aliphatic rings. The molecule has 0 saturated carbocycles. The second-order valence-corrected chi connectivity index (χ2v) is 6.07. The maximum Gasteiger partial charge on any atom is 0.345 e. The lowest BCUT2D eigenvalue weighted by molar-refractivity contribution is -0.134. The number of nitrogens with one attached hydrogen (secondary N) is 2. The number of carbonyl (C=O) groups excluding carboxylic acids is 1. The standard InChI is InChI=1S/C20H14FN3O4/c21-13-5-3-11(4-6-13)9-24-19-16(20(26)27)17(25)15(28-19)8-12-10-23-18-14(12)2-1-7-22-18/h1-8,10,24H,9H2,(H,22,23)(H,26,27). The number of allylic oxidation sites excluding steroid dienone is 1. The van der Waals surface area contributed by atoms with E-state index in [0.29, 0.717) is 16.8 Å². The van der Waals surface area contributed by atoms with Crippen LogP contribution in [0, 0.1) is 5.82 Å². The molecule has 3 heterocycles. The van der Waals surface area contributed by atoms with E-state index in [4.69, 9.17) is 4.74 Å². The highest BCUT2D eigenvalue weighted by Crippen LogP contribution is 2.27.